The van der Waals surface area contributed by atoms with E-state index in [9.17, 15) is 9.59 Å². The van der Waals surface area contributed by atoms with Gasteiger partial charge in [0.25, 0.3) is 11.8 Å². The van der Waals surface area contributed by atoms with Crippen LogP contribution in [0.1, 0.15) is 47.2 Å². The van der Waals surface area contributed by atoms with Crippen LogP contribution >= 0.6 is 15.9 Å². The summed E-state index contributed by atoms with van der Waals surface area (Å²) in [7, 11) is 0.256. The fraction of sp³-hybridized carbons (Fsp3) is 0.484. The minimum atomic E-state index is -1.31. The first-order valence-corrected chi connectivity index (χ1v) is 18.9. The van der Waals surface area contributed by atoms with Gasteiger partial charge in [-0.3, -0.25) is 14.5 Å². The van der Waals surface area contributed by atoms with E-state index in [-0.39, 0.29) is 18.5 Å². The number of amides is 2. The average molecular weight is 630 g/mol. The monoisotopic (exact) mass is 628 g/mol. The predicted molar refractivity (Wildman–Crippen MR) is 166 cm³/mol. The molecule has 0 unspecified atom stereocenters. The zero-order valence-corrected chi connectivity index (χ0v) is 26.9. The number of ether oxygens (including phenoxy) is 3. The number of anilines is 1. The van der Waals surface area contributed by atoms with E-state index < -0.39 is 14.1 Å². The maximum Gasteiger partial charge on any atom is 0.260 e. The third-order valence-electron chi connectivity index (χ3n) is 7.31. The highest BCUT2D eigenvalue weighted by atomic mass is 79.9. The maximum atomic E-state index is 14.1. The van der Waals surface area contributed by atoms with Crippen LogP contribution in [0.5, 0.6) is 11.5 Å². The molecule has 2 aliphatic heterocycles. The van der Waals surface area contributed by atoms with E-state index in [1.54, 1.807) is 29.0 Å². The van der Waals surface area contributed by atoms with Crippen molar-refractivity contribution in [1.82, 2.24) is 4.90 Å². The summed E-state index contributed by atoms with van der Waals surface area (Å²) in [5.41, 5.74) is 4.03. The van der Waals surface area contributed by atoms with Crippen LogP contribution in [-0.4, -0.2) is 63.2 Å². The maximum absolute atomic E-state index is 14.1. The second kappa shape index (κ2) is 13.4. The standard InChI is InChI=1S/C31H41BrN2O5Si/c1-22-9-11-23(12-10-22)24-17-27-31(36)34(21-38-15-16-40(3,4)5)26-19-29(39-14-8-6-7-13-32)28(37-2)18-25(26)30(35)33(27)20-24/h9-12,18-20,27H,6-8,13-17,21H2,1-5H3/t27-/m0/s1. The Kier molecular flexibility index (Phi) is 10.1. The van der Waals surface area contributed by atoms with Crippen molar-refractivity contribution in [3.8, 4) is 11.5 Å². The van der Waals surface area contributed by atoms with Crippen LogP contribution in [0.15, 0.2) is 42.6 Å². The summed E-state index contributed by atoms with van der Waals surface area (Å²) in [5.74, 6) is 0.597. The van der Waals surface area contributed by atoms with Crippen molar-refractivity contribution in [2.24, 2.45) is 0 Å². The summed E-state index contributed by atoms with van der Waals surface area (Å²) in [6.45, 7) is 10.1. The number of methoxy groups -OCH3 is 1. The van der Waals surface area contributed by atoms with E-state index in [1.165, 1.54) is 0 Å². The molecule has 0 aliphatic carbocycles. The molecule has 4 rings (SSSR count). The van der Waals surface area contributed by atoms with Gasteiger partial charge in [-0.15, -0.1) is 0 Å². The van der Waals surface area contributed by atoms with Gasteiger partial charge in [0.1, 0.15) is 12.8 Å². The molecule has 2 amide bonds. The first-order chi connectivity index (χ1) is 19.1. The minimum absolute atomic E-state index is 0.0742. The molecule has 0 N–H and O–H groups in total. The Morgan fingerprint density at radius 2 is 1.75 bits per heavy atom. The van der Waals surface area contributed by atoms with Gasteiger partial charge >= 0.3 is 0 Å². The predicted octanol–water partition coefficient (Wildman–Crippen LogP) is 6.86. The second-order valence-electron chi connectivity index (χ2n) is 11.7. The van der Waals surface area contributed by atoms with E-state index in [4.69, 9.17) is 14.2 Å². The molecule has 7 nitrogen and oxygen atoms in total. The molecule has 0 aromatic heterocycles. The fourth-order valence-corrected chi connectivity index (χ4v) is 6.01. The van der Waals surface area contributed by atoms with Gasteiger partial charge in [0.2, 0.25) is 0 Å². The van der Waals surface area contributed by atoms with Crippen molar-refractivity contribution >= 4 is 47.1 Å². The number of fused-ring (bicyclic) bond motifs is 2. The van der Waals surface area contributed by atoms with E-state index in [0.717, 1.165) is 47.3 Å². The quantitative estimate of drug-likeness (QED) is 0.138. The Bertz CT molecular complexity index is 1240. The molecule has 216 valence electrons. The van der Waals surface area contributed by atoms with Crippen molar-refractivity contribution in [2.45, 2.75) is 64.3 Å². The van der Waals surface area contributed by atoms with Crippen molar-refractivity contribution in [2.75, 3.05) is 37.3 Å². The van der Waals surface area contributed by atoms with Crippen LogP contribution in [0.2, 0.25) is 25.7 Å². The van der Waals surface area contributed by atoms with E-state index in [0.29, 0.717) is 42.4 Å². The minimum Gasteiger partial charge on any atom is -0.493 e. The Morgan fingerprint density at radius 3 is 2.42 bits per heavy atom. The second-order valence-corrected chi connectivity index (χ2v) is 18.1. The van der Waals surface area contributed by atoms with Gasteiger partial charge < -0.3 is 19.1 Å². The molecule has 0 saturated carbocycles. The van der Waals surface area contributed by atoms with Crippen LogP contribution in [0.4, 0.5) is 5.69 Å². The van der Waals surface area contributed by atoms with Crippen LogP contribution in [-0.2, 0) is 9.53 Å². The van der Waals surface area contributed by atoms with Gasteiger partial charge in [-0.1, -0.05) is 65.4 Å². The van der Waals surface area contributed by atoms with Crippen molar-refractivity contribution in [1.29, 1.82) is 0 Å². The Labute approximate surface area is 247 Å². The Morgan fingerprint density at radius 1 is 1.00 bits per heavy atom. The molecule has 0 bridgehead atoms. The van der Waals surface area contributed by atoms with Crippen LogP contribution in [0, 0.1) is 6.92 Å². The summed E-state index contributed by atoms with van der Waals surface area (Å²) in [4.78, 5) is 31.3. The highest BCUT2D eigenvalue weighted by Crippen LogP contribution is 2.42. The van der Waals surface area contributed by atoms with E-state index in [2.05, 4.69) is 35.6 Å². The molecule has 40 heavy (non-hydrogen) atoms. The lowest BCUT2D eigenvalue weighted by Crippen LogP contribution is -2.45. The topological polar surface area (TPSA) is 68.3 Å². The first kappa shape index (κ1) is 30.3. The highest BCUT2D eigenvalue weighted by molar-refractivity contribution is 9.09. The molecule has 1 atom stereocenters. The number of aryl methyl sites for hydroxylation is 1. The van der Waals surface area contributed by atoms with Crippen molar-refractivity contribution in [3.05, 3.63) is 59.3 Å². The van der Waals surface area contributed by atoms with Crippen LogP contribution in [0.3, 0.4) is 0 Å². The summed E-state index contributed by atoms with van der Waals surface area (Å²) in [5, 5.41) is 0.962. The van der Waals surface area contributed by atoms with Gasteiger partial charge in [-0.25, -0.2) is 0 Å². The average Bonchev–Trinajstić information content (AvgIpc) is 3.35. The lowest BCUT2D eigenvalue weighted by atomic mass is 10.0. The molecule has 2 heterocycles. The highest BCUT2D eigenvalue weighted by Gasteiger charge is 2.43. The molecule has 2 aromatic rings. The number of rotatable bonds is 13. The number of carbonyl (C=O) groups excluding carboxylic acids is 2. The molecule has 0 fully saturated rings. The largest absolute Gasteiger partial charge is 0.493 e. The summed E-state index contributed by atoms with van der Waals surface area (Å²) < 4.78 is 17.8. The smallest absolute Gasteiger partial charge is 0.260 e. The lowest BCUT2D eigenvalue weighted by Gasteiger charge is -2.26. The number of alkyl halides is 1. The number of hydrogen-bond acceptors (Lipinski definition) is 5. The third kappa shape index (κ3) is 7.17. The SMILES string of the molecule is COc1cc2c(cc1OCCCCCBr)N(COCC[Si](C)(C)C)C(=O)[C@@H]1CC(c3ccc(C)cc3)=CN1C2=O. The first-order valence-electron chi connectivity index (χ1n) is 14.0. The van der Waals surface area contributed by atoms with E-state index in [1.807, 2.05) is 37.4 Å². The molecule has 0 spiro atoms. The summed E-state index contributed by atoms with van der Waals surface area (Å²) in [6, 6.07) is 12.0. The number of benzene rings is 2. The van der Waals surface area contributed by atoms with Gasteiger partial charge in [0.05, 0.1) is 25.0 Å². The fourth-order valence-electron chi connectivity index (χ4n) is 4.86. The van der Waals surface area contributed by atoms with Gasteiger partial charge in [0, 0.05) is 38.7 Å². The number of halogens is 1. The zero-order valence-electron chi connectivity index (χ0n) is 24.3. The number of hydrogen-bond donors (Lipinski definition) is 0. The van der Waals surface area contributed by atoms with E-state index >= 15 is 0 Å². The Hall–Kier alpha value is -2.62. The van der Waals surface area contributed by atoms with Crippen molar-refractivity contribution < 1.29 is 23.8 Å². The lowest BCUT2D eigenvalue weighted by molar-refractivity contribution is -0.122. The normalized spacial score (nSPS) is 16.9. The summed E-state index contributed by atoms with van der Waals surface area (Å²) in [6.07, 6.45) is 5.29. The van der Waals surface area contributed by atoms with Gasteiger partial charge in [0.15, 0.2) is 11.5 Å². The van der Waals surface area contributed by atoms with Crippen LogP contribution < -0.4 is 14.4 Å². The molecule has 0 saturated heterocycles. The zero-order chi connectivity index (χ0) is 28.9. The third-order valence-corrected chi connectivity index (χ3v) is 9.57. The van der Waals surface area contributed by atoms with Crippen molar-refractivity contribution in [3.63, 3.8) is 0 Å². The van der Waals surface area contributed by atoms with Crippen LogP contribution in [0.25, 0.3) is 5.57 Å². The summed E-state index contributed by atoms with van der Waals surface area (Å²) >= 11 is 3.46. The number of unbranched alkanes of at least 4 members (excludes halogenated alkanes) is 2. The molecule has 2 aromatic carbocycles. The van der Waals surface area contributed by atoms with Gasteiger partial charge in [-0.05, 0) is 49.4 Å². The molecule has 2 aliphatic rings. The van der Waals surface area contributed by atoms with Gasteiger partial charge in [-0.2, -0.15) is 0 Å². The number of carbonyl (C=O) groups is 2. The number of nitrogens with zero attached hydrogens (tertiary/aromatic N) is 2. The molecule has 9 heteroatoms. The molecular weight excluding hydrogens is 588 g/mol. The Balaban J connectivity index is 1.68. The molecule has 0 radical (unpaired) electrons. The molecular formula is C31H41BrN2O5Si.